The number of amides is 1. The molecule has 0 aliphatic carbocycles. The lowest BCUT2D eigenvalue weighted by Crippen LogP contribution is -2.50. The van der Waals surface area contributed by atoms with E-state index >= 15 is 0 Å². The van der Waals surface area contributed by atoms with Gasteiger partial charge in [0.1, 0.15) is 17.2 Å². The lowest BCUT2D eigenvalue weighted by Gasteiger charge is -2.13. The number of nitrogens with one attached hydrogen (secondary N) is 1. The predicted octanol–water partition coefficient (Wildman–Crippen LogP) is 4.49. The van der Waals surface area contributed by atoms with Gasteiger partial charge in [-0.2, -0.15) is 0 Å². The van der Waals surface area contributed by atoms with Crippen molar-refractivity contribution >= 4 is 75.3 Å². The minimum Gasteiger partial charge on any atom is -0.494 e. The number of oxime groups is 1. The monoisotopic (exact) mass is 698 g/mol. The molecular formula is C21H24Br4N3O4+. The molecule has 1 amide bonds. The van der Waals surface area contributed by atoms with E-state index in [0.29, 0.717) is 25.3 Å². The SMILES string of the molecule is COc1c(Br)cc(C/C(=N\O)C(=O)NCCc2cc(Br)c(OCCC[NH3+])c(Br)c2)cc1Br. The fraction of sp³-hybridized carbons (Fsp3) is 0.333. The number of hydrogen-bond donors (Lipinski definition) is 3. The Morgan fingerprint density at radius 1 is 1.03 bits per heavy atom. The Morgan fingerprint density at radius 2 is 1.59 bits per heavy atom. The first-order valence-corrected chi connectivity index (χ1v) is 12.9. The first-order valence-electron chi connectivity index (χ1n) is 9.71. The van der Waals surface area contributed by atoms with E-state index in [1.807, 2.05) is 24.3 Å². The number of halogens is 4. The maximum Gasteiger partial charge on any atom is 0.269 e. The van der Waals surface area contributed by atoms with Gasteiger partial charge in [-0.3, -0.25) is 4.79 Å². The van der Waals surface area contributed by atoms with Crippen molar-refractivity contribution in [1.82, 2.24) is 5.32 Å². The normalized spacial score (nSPS) is 11.4. The Bertz CT molecular complexity index is 940. The third-order valence-electron chi connectivity index (χ3n) is 4.41. The van der Waals surface area contributed by atoms with E-state index < -0.39 is 5.91 Å². The number of quaternary nitrogens is 1. The smallest absolute Gasteiger partial charge is 0.269 e. The fourth-order valence-electron chi connectivity index (χ4n) is 2.86. The fourth-order valence-corrected chi connectivity index (χ4v) is 5.97. The van der Waals surface area contributed by atoms with Crippen LogP contribution in [0.3, 0.4) is 0 Å². The van der Waals surface area contributed by atoms with Gasteiger partial charge in [0, 0.05) is 19.4 Å². The van der Waals surface area contributed by atoms with Crippen molar-refractivity contribution in [3.05, 3.63) is 53.3 Å². The second-order valence-electron chi connectivity index (χ2n) is 6.77. The molecule has 0 bridgehead atoms. The molecule has 0 spiro atoms. The van der Waals surface area contributed by atoms with E-state index in [0.717, 1.165) is 47.7 Å². The number of benzene rings is 2. The summed E-state index contributed by atoms with van der Waals surface area (Å²) in [6.45, 7) is 1.80. The lowest BCUT2D eigenvalue weighted by atomic mass is 10.1. The summed E-state index contributed by atoms with van der Waals surface area (Å²) < 4.78 is 14.2. The second kappa shape index (κ2) is 13.5. The molecule has 32 heavy (non-hydrogen) atoms. The number of carbonyl (C=O) groups excluding carboxylic acids is 1. The van der Waals surface area contributed by atoms with Crippen LogP contribution in [0.15, 0.2) is 47.3 Å². The van der Waals surface area contributed by atoms with Gasteiger partial charge in [-0.25, -0.2) is 0 Å². The minimum absolute atomic E-state index is 0.0190. The first-order chi connectivity index (χ1) is 15.3. The van der Waals surface area contributed by atoms with Crippen LogP contribution in [0.2, 0.25) is 0 Å². The van der Waals surface area contributed by atoms with Crippen LogP contribution in [0.5, 0.6) is 11.5 Å². The van der Waals surface area contributed by atoms with E-state index in [9.17, 15) is 10.0 Å². The van der Waals surface area contributed by atoms with Gasteiger partial charge >= 0.3 is 0 Å². The van der Waals surface area contributed by atoms with Crippen LogP contribution in [0.1, 0.15) is 17.5 Å². The van der Waals surface area contributed by atoms with Gasteiger partial charge < -0.3 is 25.7 Å². The second-order valence-corrected chi connectivity index (χ2v) is 10.2. The Morgan fingerprint density at radius 3 is 2.12 bits per heavy atom. The molecule has 2 rings (SSSR count). The zero-order valence-corrected chi connectivity index (χ0v) is 23.7. The van der Waals surface area contributed by atoms with Crippen LogP contribution < -0.4 is 20.5 Å². The van der Waals surface area contributed by atoms with Crippen molar-refractivity contribution in [2.24, 2.45) is 5.16 Å². The van der Waals surface area contributed by atoms with Crippen molar-refractivity contribution in [3.8, 4) is 11.5 Å². The summed E-state index contributed by atoms with van der Waals surface area (Å²) >= 11 is 13.9. The van der Waals surface area contributed by atoms with Crippen LogP contribution in [-0.2, 0) is 17.6 Å². The summed E-state index contributed by atoms with van der Waals surface area (Å²) in [7, 11) is 1.57. The molecule has 0 saturated carbocycles. The highest BCUT2D eigenvalue weighted by Gasteiger charge is 2.16. The molecule has 174 valence electrons. The Balaban J connectivity index is 1.95. The number of rotatable bonds is 11. The summed E-state index contributed by atoms with van der Waals surface area (Å²) in [4.78, 5) is 12.5. The van der Waals surface area contributed by atoms with Crippen LogP contribution in [0, 0.1) is 0 Å². The maximum atomic E-state index is 12.5. The molecule has 2 aromatic rings. The average molecular weight is 702 g/mol. The summed E-state index contributed by atoms with van der Waals surface area (Å²) in [5, 5.41) is 15.4. The van der Waals surface area contributed by atoms with Crippen LogP contribution >= 0.6 is 63.7 Å². The lowest BCUT2D eigenvalue weighted by molar-refractivity contribution is -0.368. The summed E-state index contributed by atoms with van der Waals surface area (Å²) in [6.07, 6.45) is 1.65. The predicted molar refractivity (Wildman–Crippen MR) is 138 cm³/mol. The number of ether oxygens (including phenoxy) is 2. The maximum absolute atomic E-state index is 12.5. The summed E-state index contributed by atoms with van der Waals surface area (Å²) in [5.74, 6) is 0.969. The van der Waals surface area contributed by atoms with Gasteiger partial charge in [0.25, 0.3) is 5.91 Å². The molecule has 5 N–H and O–H groups in total. The molecule has 0 atom stereocenters. The van der Waals surface area contributed by atoms with E-state index in [-0.39, 0.29) is 12.1 Å². The summed E-state index contributed by atoms with van der Waals surface area (Å²) in [5.41, 5.74) is 5.63. The van der Waals surface area contributed by atoms with Crippen molar-refractivity contribution in [1.29, 1.82) is 0 Å². The molecule has 0 aliphatic rings. The number of nitrogens with zero attached hydrogens (tertiary/aromatic N) is 1. The van der Waals surface area contributed by atoms with Crippen molar-refractivity contribution in [2.45, 2.75) is 19.3 Å². The molecule has 0 saturated heterocycles. The molecule has 0 aliphatic heterocycles. The summed E-state index contributed by atoms with van der Waals surface area (Å²) in [6, 6.07) is 7.56. The standard InChI is InChI=1S/C21H23Br4N3O4/c1-31-19-14(22)9-13(10-15(19)23)11-18(28-30)21(29)27-5-3-12-7-16(24)20(17(25)8-12)32-6-2-4-26/h7-10,30H,2-6,11,26H2,1H3,(H,27,29)/p+1/b28-18+. The number of carbonyl (C=O) groups is 1. The molecule has 0 heterocycles. The average Bonchev–Trinajstić information content (AvgIpc) is 2.73. The van der Waals surface area contributed by atoms with Gasteiger partial charge in [0.05, 0.1) is 38.2 Å². The first kappa shape index (κ1) is 27.1. The van der Waals surface area contributed by atoms with E-state index in [1.54, 1.807) is 7.11 Å². The van der Waals surface area contributed by atoms with E-state index in [1.165, 1.54) is 0 Å². The van der Waals surface area contributed by atoms with Gasteiger partial charge in [0.15, 0.2) is 0 Å². The molecule has 0 aromatic heterocycles. The zero-order chi connectivity index (χ0) is 23.7. The highest BCUT2D eigenvalue weighted by molar-refractivity contribution is 9.11. The van der Waals surface area contributed by atoms with Crippen molar-refractivity contribution < 1.29 is 25.2 Å². The zero-order valence-electron chi connectivity index (χ0n) is 17.4. The molecular weight excluding hydrogens is 678 g/mol. The van der Waals surface area contributed by atoms with Crippen molar-refractivity contribution in [2.75, 3.05) is 26.8 Å². The molecule has 0 unspecified atom stereocenters. The Labute approximate surface area is 220 Å². The van der Waals surface area contributed by atoms with Crippen LogP contribution in [0.25, 0.3) is 0 Å². The highest BCUT2D eigenvalue weighted by atomic mass is 79.9. The van der Waals surface area contributed by atoms with Crippen LogP contribution in [-0.4, -0.2) is 43.6 Å². The third-order valence-corrected chi connectivity index (χ3v) is 6.77. The molecule has 0 radical (unpaired) electrons. The quantitative estimate of drug-likeness (QED) is 0.139. The molecule has 7 nitrogen and oxygen atoms in total. The minimum atomic E-state index is -0.429. The Kier molecular flexibility index (Phi) is 11.5. The Hall–Kier alpha value is -1.14. The van der Waals surface area contributed by atoms with E-state index in [2.05, 4.69) is 79.9 Å². The van der Waals surface area contributed by atoms with E-state index in [4.69, 9.17) is 9.47 Å². The number of hydrogen-bond acceptors (Lipinski definition) is 5. The molecule has 11 heteroatoms. The van der Waals surface area contributed by atoms with Gasteiger partial charge in [-0.15, -0.1) is 0 Å². The number of methoxy groups -OCH3 is 1. The third kappa shape index (κ3) is 7.72. The largest absolute Gasteiger partial charge is 0.494 e. The van der Waals surface area contributed by atoms with Crippen LogP contribution in [0.4, 0.5) is 0 Å². The topological polar surface area (TPSA) is 108 Å². The molecule has 0 fully saturated rings. The van der Waals surface area contributed by atoms with Gasteiger partial charge in [-0.05, 0) is 106 Å². The van der Waals surface area contributed by atoms with Gasteiger partial charge in [-0.1, -0.05) is 5.16 Å². The molecule has 2 aromatic carbocycles. The highest BCUT2D eigenvalue weighted by Crippen LogP contribution is 2.35. The van der Waals surface area contributed by atoms with Crippen molar-refractivity contribution in [3.63, 3.8) is 0 Å². The van der Waals surface area contributed by atoms with Gasteiger partial charge in [0.2, 0.25) is 0 Å².